The van der Waals surface area contributed by atoms with Crippen molar-refractivity contribution in [3.63, 3.8) is 0 Å². The number of rotatable bonds is 5. The van der Waals surface area contributed by atoms with Crippen LogP contribution in [0.25, 0.3) is 0 Å². The molecular formula is C18H19NO6S2. The molecule has 2 atom stereocenters. The molecule has 1 saturated heterocycles. The monoisotopic (exact) mass is 409 g/mol. The zero-order valence-electron chi connectivity index (χ0n) is 14.4. The Balaban J connectivity index is 1.55. The Labute approximate surface area is 158 Å². The van der Waals surface area contributed by atoms with E-state index in [4.69, 9.17) is 9.47 Å². The van der Waals surface area contributed by atoms with Gasteiger partial charge in [0.15, 0.2) is 31.2 Å². The quantitative estimate of drug-likeness (QED) is 0.791. The zero-order valence-corrected chi connectivity index (χ0v) is 16.0. The molecule has 7 nitrogen and oxygen atoms in total. The van der Waals surface area contributed by atoms with Crippen LogP contribution in [0.2, 0.25) is 0 Å². The molecule has 2 aliphatic heterocycles. The van der Waals surface area contributed by atoms with Gasteiger partial charge in [0.25, 0.3) is 0 Å². The third kappa shape index (κ3) is 3.67. The van der Waals surface area contributed by atoms with E-state index in [-0.39, 0.29) is 23.2 Å². The van der Waals surface area contributed by atoms with Crippen molar-refractivity contribution in [2.75, 3.05) is 18.3 Å². The van der Waals surface area contributed by atoms with E-state index in [1.165, 1.54) is 12.1 Å². The maximum atomic E-state index is 13.0. The lowest BCUT2D eigenvalue weighted by Crippen LogP contribution is -2.43. The molecule has 2 aliphatic rings. The number of hydrogen-bond acceptors (Lipinski definition) is 7. The van der Waals surface area contributed by atoms with E-state index in [0.717, 1.165) is 5.56 Å². The van der Waals surface area contributed by atoms with E-state index in [0.29, 0.717) is 18.0 Å². The van der Waals surface area contributed by atoms with Crippen molar-refractivity contribution in [3.8, 4) is 11.5 Å². The van der Waals surface area contributed by atoms with E-state index in [2.05, 4.69) is 5.32 Å². The predicted molar refractivity (Wildman–Crippen MR) is 99.3 cm³/mol. The van der Waals surface area contributed by atoms with Gasteiger partial charge in [0, 0.05) is 12.6 Å². The number of benzene rings is 2. The van der Waals surface area contributed by atoms with Gasteiger partial charge in [-0.15, -0.1) is 0 Å². The second kappa shape index (κ2) is 6.81. The van der Waals surface area contributed by atoms with E-state index < -0.39 is 31.0 Å². The minimum Gasteiger partial charge on any atom is -0.454 e. The molecule has 2 aromatic rings. The largest absolute Gasteiger partial charge is 0.454 e. The van der Waals surface area contributed by atoms with Gasteiger partial charge in [-0.2, -0.15) is 0 Å². The smallest absolute Gasteiger partial charge is 0.231 e. The first kappa shape index (κ1) is 18.3. The molecule has 0 amide bonds. The summed E-state index contributed by atoms with van der Waals surface area (Å²) in [6.07, 6.45) is 0. The fourth-order valence-corrected chi connectivity index (χ4v) is 8.13. The first-order valence-electron chi connectivity index (χ1n) is 8.46. The molecule has 0 saturated carbocycles. The van der Waals surface area contributed by atoms with Gasteiger partial charge in [0.05, 0.1) is 21.7 Å². The van der Waals surface area contributed by atoms with Gasteiger partial charge < -0.3 is 14.8 Å². The van der Waals surface area contributed by atoms with Gasteiger partial charge in [0.2, 0.25) is 6.79 Å². The highest BCUT2D eigenvalue weighted by atomic mass is 32.2. The fraction of sp³-hybridized carbons (Fsp3) is 0.333. The van der Waals surface area contributed by atoms with Crippen molar-refractivity contribution >= 4 is 19.7 Å². The standard InChI is InChI=1S/C18H19NO6S2/c20-26(21)10-15(18(11-26)27(22,23)14-4-2-1-3-5-14)19-9-13-6-7-16-17(8-13)25-12-24-16/h1-8,15,18-19H,9-12H2/t15-,18-/m0/s1. The first-order chi connectivity index (χ1) is 12.9. The molecule has 0 aliphatic carbocycles. The van der Waals surface area contributed by atoms with Crippen LogP contribution < -0.4 is 14.8 Å². The van der Waals surface area contributed by atoms with Gasteiger partial charge in [-0.25, -0.2) is 16.8 Å². The Morgan fingerprint density at radius 2 is 1.74 bits per heavy atom. The number of ether oxygens (including phenoxy) is 2. The van der Waals surface area contributed by atoms with Crippen LogP contribution in [0.3, 0.4) is 0 Å². The highest BCUT2D eigenvalue weighted by molar-refractivity contribution is 7.96. The summed E-state index contributed by atoms with van der Waals surface area (Å²) in [5.41, 5.74) is 0.861. The molecule has 2 heterocycles. The second-order valence-corrected chi connectivity index (χ2v) is 11.0. The number of nitrogens with one attached hydrogen (secondary N) is 1. The van der Waals surface area contributed by atoms with Crippen molar-refractivity contribution in [1.29, 1.82) is 0 Å². The minimum absolute atomic E-state index is 0.141. The molecular weight excluding hydrogens is 390 g/mol. The topological polar surface area (TPSA) is 98.8 Å². The Bertz CT molecular complexity index is 1050. The van der Waals surface area contributed by atoms with Crippen LogP contribution in [0, 0.1) is 0 Å². The molecule has 0 aromatic heterocycles. The molecule has 144 valence electrons. The highest BCUT2D eigenvalue weighted by Gasteiger charge is 2.45. The van der Waals surface area contributed by atoms with Crippen LogP contribution in [0.4, 0.5) is 0 Å². The second-order valence-electron chi connectivity index (χ2n) is 6.65. The molecule has 27 heavy (non-hydrogen) atoms. The van der Waals surface area contributed by atoms with Crippen LogP contribution >= 0.6 is 0 Å². The van der Waals surface area contributed by atoms with Gasteiger partial charge >= 0.3 is 0 Å². The van der Waals surface area contributed by atoms with Gasteiger partial charge in [-0.1, -0.05) is 24.3 Å². The zero-order chi connectivity index (χ0) is 19.1. The van der Waals surface area contributed by atoms with Crippen LogP contribution in [-0.4, -0.2) is 46.4 Å². The normalized spacial score (nSPS) is 23.4. The Morgan fingerprint density at radius 3 is 2.52 bits per heavy atom. The number of sulfone groups is 2. The summed E-state index contributed by atoms with van der Waals surface area (Å²) in [4.78, 5) is 0.141. The van der Waals surface area contributed by atoms with Crippen LogP contribution in [0.1, 0.15) is 5.56 Å². The lowest BCUT2D eigenvalue weighted by molar-refractivity contribution is 0.174. The van der Waals surface area contributed by atoms with Crippen molar-refractivity contribution < 1.29 is 26.3 Å². The van der Waals surface area contributed by atoms with E-state index in [1.54, 1.807) is 30.3 Å². The Kier molecular flexibility index (Phi) is 4.61. The van der Waals surface area contributed by atoms with Crippen LogP contribution in [0.5, 0.6) is 11.5 Å². The third-order valence-electron chi connectivity index (χ3n) is 4.78. The lowest BCUT2D eigenvalue weighted by Gasteiger charge is -2.20. The predicted octanol–water partition coefficient (Wildman–Crippen LogP) is 1.14. The average molecular weight is 409 g/mol. The average Bonchev–Trinajstić information content (AvgIpc) is 3.24. The summed E-state index contributed by atoms with van der Waals surface area (Å²) >= 11 is 0. The Morgan fingerprint density at radius 1 is 1.00 bits per heavy atom. The van der Waals surface area contributed by atoms with Gasteiger partial charge in [0.1, 0.15) is 0 Å². The van der Waals surface area contributed by atoms with E-state index >= 15 is 0 Å². The van der Waals surface area contributed by atoms with Crippen molar-refractivity contribution in [1.82, 2.24) is 5.32 Å². The molecule has 2 aromatic carbocycles. The fourth-order valence-electron chi connectivity index (χ4n) is 3.40. The first-order valence-corrected chi connectivity index (χ1v) is 11.8. The maximum Gasteiger partial charge on any atom is 0.231 e. The molecule has 0 unspecified atom stereocenters. The molecule has 4 rings (SSSR count). The molecule has 1 N–H and O–H groups in total. The Hall–Kier alpha value is -2.10. The van der Waals surface area contributed by atoms with Crippen LogP contribution in [0.15, 0.2) is 53.4 Å². The summed E-state index contributed by atoms with van der Waals surface area (Å²) in [6, 6.07) is 12.7. The molecule has 9 heteroatoms. The third-order valence-corrected chi connectivity index (χ3v) is 8.94. The van der Waals surface area contributed by atoms with E-state index in [1.807, 2.05) is 6.07 Å². The minimum atomic E-state index is -3.76. The molecule has 0 spiro atoms. The van der Waals surface area contributed by atoms with Crippen molar-refractivity contribution in [2.45, 2.75) is 22.7 Å². The maximum absolute atomic E-state index is 13.0. The van der Waals surface area contributed by atoms with Gasteiger partial charge in [-0.05, 0) is 29.8 Å². The number of fused-ring (bicyclic) bond motifs is 1. The lowest BCUT2D eigenvalue weighted by atomic mass is 10.2. The SMILES string of the molecule is O=S1(=O)C[C@H](NCc2ccc3c(c2)OCO3)[C@@H](S(=O)(=O)c2ccccc2)C1. The van der Waals surface area contributed by atoms with Crippen molar-refractivity contribution in [2.24, 2.45) is 0 Å². The van der Waals surface area contributed by atoms with Crippen molar-refractivity contribution in [3.05, 3.63) is 54.1 Å². The number of hydrogen-bond donors (Lipinski definition) is 1. The van der Waals surface area contributed by atoms with E-state index in [9.17, 15) is 16.8 Å². The summed E-state index contributed by atoms with van der Waals surface area (Å²) in [7, 11) is -7.20. The van der Waals surface area contributed by atoms with Gasteiger partial charge in [-0.3, -0.25) is 0 Å². The summed E-state index contributed by atoms with van der Waals surface area (Å²) in [5, 5.41) is 2.10. The summed E-state index contributed by atoms with van der Waals surface area (Å²) in [5.74, 6) is 0.714. The molecule has 0 bridgehead atoms. The molecule has 0 radical (unpaired) electrons. The van der Waals surface area contributed by atoms with Crippen LogP contribution in [-0.2, 0) is 26.2 Å². The summed E-state index contributed by atoms with van der Waals surface area (Å²) < 4.78 is 60.8. The highest BCUT2D eigenvalue weighted by Crippen LogP contribution is 2.32. The summed E-state index contributed by atoms with van der Waals surface area (Å²) in [6.45, 7) is 0.502. The molecule has 1 fully saturated rings.